The molecule has 2 fully saturated rings. The van der Waals surface area contributed by atoms with E-state index in [9.17, 15) is 13.2 Å². The van der Waals surface area contributed by atoms with Gasteiger partial charge in [-0.25, -0.2) is 8.42 Å². The Morgan fingerprint density at radius 2 is 1.91 bits per heavy atom. The van der Waals surface area contributed by atoms with Crippen LogP contribution >= 0.6 is 0 Å². The molecule has 2 aliphatic heterocycles. The molecule has 3 heterocycles. The first-order valence-corrected chi connectivity index (χ1v) is 13.1. The lowest BCUT2D eigenvalue weighted by Crippen LogP contribution is -2.51. The lowest BCUT2D eigenvalue weighted by Gasteiger charge is -2.27. The largest absolute Gasteiger partial charge is 0.377 e. The fourth-order valence-electron chi connectivity index (χ4n) is 4.57. The number of likely N-dealkylation sites (N-methyl/N-ethyl adjacent to an activating group) is 1. The molecule has 0 aliphatic carbocycles. The molecule has 2 N–H and O–H groups in total. The number of carbonyl (C=O) groups excluding carboxylic acids is 1. The van der Waals surface area contributed by atoms with Gasteiger partial charge in [0, 0.05) is 48.0 Å². The molecular formula is C25H30N4O4S. The van der Waals surface area contributed by atoms with Crippen molar-refractivity contribution in [3.63, 3.8) is 0 Å². The molecule has 0 unspecified atom stereocenters. The highest BCUT2D eigenvalue weighted by Crippen LogP contribution is 2.36. The minimum Gasteiger partial charge on any atom is -0.377 e. The molecule has 3 aromatic rings. The lowest BCUT2D eigenvalue weighted by molar-refractivity contribution is -0.125. The molecule has 2 aromatic carbocycles. The molecule has 2 saturated heterocycles. The van der Waals surface area contributed by atoms with Crippen molar-refractivity contribution in [2.45, 2.75) is 30.7 Å². The molecule has 0 atom stereocenters. The number of fused-ring (bicyclic) bond motifs is 1. The van der Waals surface area contributed by atoms with Crippen LogP contribution in [0.25, 0.3) is 22.2 Å². The molecule has 8 nitrogen and oxygen atoms in total. The van der Waals surface area contributed by atoms with Crippen LogP contribution in [0.15, 0.2) is 47.4 Å². The summed E-state index contributed by atoms with van der Waals surface area (Å²) in [7, 11) is -2.42. The number of aromatic nitrogens is 1. The Labute approximate surface area is 199 Å². The highest BCUT2D eigenvalue weighted by Gasteiger charge is 2.28. The zero-order valence-corrected chi connectivity index (χ0v) is 20.3. The molecule has 0 radical (unpaired) electrons. The zero-order chi connectivity index (χ0) is 23.9. The second-order valence-electron chi connectivity index (χ2n) is 9.21. The van der Waals surface area contributed by atoms with Crippen molar-refractivity contribution in [2.24, 2.45) is 0 Å². The number of nitrogens with zero attached hydrogens (tertiary/aromatic N) is 2. The predicted octanol–water partition coefficient (Wildman–Crippen LogP) is 2.88. The van der Waals surface area contributed by atoms with Gasteiger partial charge in [0.2, 0.25) is 15.9 Å². The normalized spacial score (nSPS) is 16.9. The summed E-state index contributed by atoms with van der Waals surface area (Å²) >= 11 is 0. The monoisotopic (exact) mass is 482 g/mol. The molecule has 0 saturated carbocycles. The topological polar surface area (TPSA) is 94.7 Å². The Balaban J connectivity index is 1.49. The molecule has 0 bridgehead atoms. The van der Waals surface area contributed by atoms with E-state index in [4.69, 9.17) is 4.74 Å². The third kappa shape index (κ3) is 4.43. The van der Waals surface area contributed by atoms with E-state index in [0.29, 0.717) is 13.2 Å². The van der Waals surface area contributed by atoms with Gasteiger partial charge in [-0.1, -0.05) is 12.1 Å². The fraction of sp³-hybridized carbons (Fsp3) is 0.400. The van der Waals surface area contributed by atoms with E-state index in [1.165, 1.54) is 7.05 Å². The Morgan fingerprint density at radius 3 is 2.62 bits per heavy atom. The number of carbonyl (C=O) groups is 1. The van der Waals surface area contributed by atoms with Gasteiger partial charge in [-0.15, -0.1) is 0 Å². The highest BCUT2D eigenvalue weighted by molar-refractivity contribution is 7.89. The number of hydrogen-bond donors (Lipinski definition) is 2. The molecule has 1 amide bonds. The van der Waals surface area contributed by atoms with Gasteiger partial charge in [0.1, 0.15) is 0 Å². The number of ether oxygens (including phenoxy) is 1. The maximum atomic E-state index is 13.4. The number of sulfonamides is 1. The molecule has 0 spiro atoms. The predicted molar refractivity (Wildman–Crippen MR) is 132 cm³/mol. The molecule has 1 aromatic heterocycles. The van der Waals surface area contributed by atoms with Crippen LogP contribution in [-0.2, 0) is 19.6 Å². The van der Waals surface area contributed by atoms with Gasteiger partial charge >= 0.3 is 0 Å². The quantitative estimate of drug-likeness (QED) is 0.540. The Morgan fingerprint density at radius 1 is 1.15 bits per heavy atom. The van der Waals surface area contributed by atoms with E-state index in [-0.39, 0.29) is 23.4 Å². The Kier molecular flexibility index (Phi) is 6.09. The average molecular weight is 483 g/mol. The number of amides is 1. The van der Waals surface area contributed by atoms with Crippen LogP contribution in [0.2, 0.25) is 0 Å². The maximum Gasteiger partial charge on any atom is 0.243 e. The van der Waals surface area contributed by atoms with Crippen LogP contribution in [0.5, 0.6) is 0 Å². The van der Waals surface area contributed by atoms with Crippen LogP contribution in [0.3, 0.4) is 0 Å². The minimum absolute atomic E-state index is 0.0411. The third-order valence-electron chi connectivity index (χ3n) is 6.56. The Hall–Kier alpha value is -2.88. The van der Waals surface area contributed by atoms with E-state index >= 15 is 0 Å². The van der Waals surface area contributed by atoms with E-state index in [1.807, 2.05) is 13.0 Å². The zero-order valence-electron chi connectivity index (χ0n) is 19.5. The second-order valence-corrected chi connectivity index (χ2v) is 11.3. The van der Waals surface area contributed by atoms with E-state index < -0.39 is 10.0 Å². The summed E-state index contributed by atoms with van der Waals surface area (Å²) in [6.07, 6.45) is 2.24. The number of anilines is 1. The van der Waals surface area contributed by atoms with Gasteiger partial charge < -0.3 is 19.9 Å². The van der Waals surface area contributed by atoms with Crippen molar-refractivity contribution in [3.05, 3.63) is 48.0 Å². The maximum absolute atomic E-state index is 13.4. The molecular weight excluding hydrogens is 452 g/mol. The highest BCUT2D eigenvalue weighted by atomic mass is 32.2. The molecule has 2 aliphatic rings. The van der Waals surface area contributed by atoms with Gasteiger partial charge in [-0.2, -0.15) is 4.31 Å². The van der Waals surface area contributed by atoms with Crippen molar-refractivity contribution in [1.29, 1.82) is 0 Å². The number of aromatic amines is 1. The molecule has 9 heteroatoms. The van der Waals surface area contributed by atoms with Crippen LogP contribution in [-0.4, -0.2) is 69.6 Å². The number of aryl methyl sites for hydroxylation is 1. The second kappa shape index (κ2) is 9.05. The van der Waals surface area contributed by atoms with Gasteiger partial charge in [-0.3, -0.25) is 4.79 Å². The number of rotatable bonds is 7. The van der Waals surface area contributed by atoms with E-state index in [2.05, 4.69) is 39.5 Å². The SMILES string of the molecule is Cc1ccc2cc(-c3cc(S(=O)(=O)N(C)CC(=O)NC4COC4)ccc3N3CCCC3)[nH]c2c1. The summed E-state index contributed by atoms with van der Waals surface area (Å²) in [6.45, 7) is 4.63. The van der Waals surface area contributed by atoms with Crippen LogP contribution < -0.4 is 10.2 Å². The summed E-state index contributed by atoms with van der Waals surface area (Å²) in [5.74, 6) is -0.334. The van der Waals surface area contributed by atoms with Crippen molar-refractivity contribution in [2.75, 3.05) is 44.8 Å². The first kappa shape index (κ1) is 22.9. The molecule has 5 rings (SSSR count). The third-order valence-corrected chi connectivity index (χ3v) is 8.36. The standard InChI is InChI=1S/C25H30N4O4S/c1-17-5-6-18-12-23(27-22(18)11-17)21-13-20(7-8-24(21)29-9-3-4-10-29)34(31,32)28(2)14-25(30)26-19-15-33-16-19/h5-8,11-13,19,27H,3-4,9-10,14-16H2,1-2H3,(H,26,30). The first-order chi connectivity index (χ1) is 16.3. The number of hydrogen-bond acceptors (Lipinski definition) is 5. The van der Waals surface area contributed by atoms with Crippen molar-refractivity contribution in [3.8, 4) is 11.3 Å². The molecule has 34 heavy (non-hydrogen) atoms. The summed E-state index contributed by atoms with van der Waals surface area (Å²) in [5.41, 5.74) is 4.92. The van der Waals surface area contributed by atoms with Crippen molar-refractivity contribution in [1.82, 2.24) is 14.6 Å². The van der Waals surface area contributed by atoms with Gasteiger partial charge in [0.05, 0.1) is 30.7 Å². The van der Waals surface area contributed by atoms with Gasteiger partial charge in [0.15, 0.2) is 0 Å². The lowest BCUT2D eigenvalue weighted by atomic mass is 10.1. The summed E-state index contributed by atoms with van der Waals surface area (Å²) in [5, 5.41) is 3.87. The fourth-order valence-corrected chi connectivity index (χ4v) is 5.72. The minimum atomic E-state index is -3.86. The van der Waals surface area contributed by atoms with E-state index in [0.717, 1.165) is 63.6 Å². The summed E-state index contributed by atoms with van der Waals surface area (Å²) in [4.78, 5) is 18.2. The first-order valence-electron chi connectivity index (χ1n) is 11.6. The van der Waals surface area contributed by atoms with Gasteiger partial charge in [0.25, 0.3) is 0 Å². The number of nitrogens with one attached hydrogen (secondary N) is 2. The van der Waals surface area contributed by atoms with E-state index in [1.54, 1.807) is 12.1 Å². The smallest absolute Gasteiger partial charge is 0.243 e. The van der Waals surface area contributed by atoms with Crippen molar-refractivity contribution < 1.29 is 17.9 Å². The molecule has 180 valence electrons. The van der Waals surface area contributed by atoms with Crippen LogP contribution in [0.4, 0.5) is 5.69 Å². The number of H-pyrrole nitrogens is 1. The van der Waals surface area contributed by atoms with Crippen LogP contribution in [0, 0.1) is 6.92 Å². The summed E-state index contributed by atoms with van der Waals surface area (Å²) in [6, 6.07) is 13.5. The van der Waals surface area contributed by atoms with Crippen LogP contribution in [0.1, 0.15) is 18.4 Å². The summed E-state index contributed by atoms with van der Waals surface area (Å²) < 4.78 is 32.9. The Bertz CT molecular complexity index is 1320. The van der Waals surface area contributed by atoms with Crippen molar-refractivity contribution >= 4 is 32.5 Å². The number of benzene rings is 2. The average Bonchev–Trinajstić information content (AvgIpc) is 3.45. The van der Waals surface area contributed by atoms with Gasteiger partial charge in [-0.05, 0) is 55.7 Å².